The van der Waals surface area contributed by atoms with Crippen LogP contribution in [0.5, 0.6) is 0 Å². The summed E-state index contributed by atoms with van der Waals surface area (Å²) in [4.78, 5) is 51.1. The van der Waals surface area contributed by atoms with Gasteiger partial charge >= 0.3 is 24.3 Å². The van der Waals surface area contributed by atoms with Gasteiger partial charge in [-0.1, -0.05) is 0 Å². The summed E-state index contributed by atoms with van der Waals surface area (Å²) in [5, 5.41) is 20.1. The first-order chi connectivity index (χ1) is 20.0. The molecule has 4 rings (SSSR count). The first-order valence-corrected chi connectivity index (χ1v) is 12.3. The maximum Gasteiger partial charge on any atom is 0.490 e. The van der Waals surface area contributed by atoms with Crippen LogP contribution in [0.2, 0.25) is 0 Å². The van der Waals surface area contributed by atoms with Gasteiger partial charge in [0, 0.05) is 37.9 Å². The highest BCUT2D eigenvalue weighted by atomic mass is 19.4. The van der Waals surface area contributed by atoms with Crippen LogP contribution in [0.15, 0.2) is 48.8 Å². The number of carbonyl (C=O) groups is 4. The number of hydrogen-bond acceptors (Lipinski definition) is 7. The number of likely N-dealkylation sites (tertiary alicyclic amines) is 1. The van der Waals surface area contributed by atoms with Crippen molar-refractivity contribution in [1.82, 2.24) is 20.5 Å². The van der Waals surface area contributed by atoms with Gasteiger partial charge in [0.25, 0.3) is 5.91 Å². The zero-order chi connectivity index (χ0) is 32.4. The lowest BCUT2D eigenvalue weighted by Gasteiger charge is -2.43. The van der Waals surface area contributed by atoms with E-state index in [4.69, 9.17) is 19.8 Å². The summed E-state index contributed by atoms with van der Waals surface area (Å²) >= 11 is 0. The first kappa shape index (κ1) is 34.7. The van der Waals surface area contributed by atoms with Gasteiger partial charge in [0.1, 0.15) is 11.4 Å². The fourth-order valence-electron chi connectivity index (χ4n) is 4.12. The third kappa shape index (κ3) is 10.1. The quantitative estimate of drug-likeness (QED) is 0.368. The average molecular weight is 625 g/mol. The number of nitrogens with one attached hydrogen (secondary N) is 2. The van der Waals surface area contributed by atoms with E-state index in [1.165, 1.54) is 24.3 Å². The van der Waals surface area contributed by atoms with Gasteiger partial charge in [0.05, 0.1) is 18.6 Å². The number of piperidine rings is 1. The number of halogens is 7. The van der Waals surface area contributed by atoms with Gasteiger partial charge in [0.2, 0.25) is 5.91 Å². The highest BCUT2D eigenvalue weighted by molar-refractivity contribution is 5.94. The average Bonchev–Trinajstić information content (AvgIpc) is 3.25. The van der Waals surface area contributed by atoms with Crippen LogP contribution in [0.4, 0.5) is 36.4 Å². The van der Waals surface area contributed by atoms with E-state index in [0.29, 0.717) is 25.3 Å². The Kier molecular flexibility index (Phi) is 11.8. The monoisotopic (exact) mass is 625 g/mol. The number of benzene rings is 1. The molecule has 0 atom stereocenters. The van der Waals surface area contributed by atoms with Gasteiger partial charge in [-0.3, -0.25) is 14.6 Å². The van der Waals surface area contributed by atoms with E-state index >= 15 is 0 Å². The van der Waals surface area contributed by atoms with E-state index in [9.17, 15) is 40.3 Å². The summed E-state index contributed by atoms with van der Waals surface area (Å²) in [5.74, 6) is -6.01. The number of anilines is 1. The van der Waals surface area contributed by atoms with Crippen LogP contribution < -0.4 is 15.5 Å². The van der Waals surface area contributed by atoms with Crippen LogP contribution in [0.25, 0.3) is 0 Å². The van der Waals surface area contributed by atoms with Gasteiger partial charge in [-0.05, 0) is 49.2 Å². The fourth-order valence-corrected chi connectivity index (χ4v) is 4.12. The van der Waals surface area contributed by atoms with E-state index in [1.807, 2.05) is 12.1 Å². The minimum Gasteiger partial charge on any atom is -0.475 e. The van der Waals surface area contributed by atoms with Gasteiger partial charge in [0.15, 0.2) is 0 Å². The summed E-state index contributed by atoms with van der Waals surface area (Å²) in [6.45, 7) is 3.25. The molecule has 0 unspecified atom stereocenters. The minimum absolute atomic E-state index is 0.0746. The zero-order valence-electron chi connectivity index (χ0n) is 22.1. The first-order valence-electron chi connectivity index (χ1n) is 12.3. The molecule has 2 saturated heterocycles. The second-order valence-electron chi connectivity index (χ2n) is 9.05. The van der Waals surface area contributed by atoms with E-state index in [1.54, 1.807) is 12.4 Å². The van der Waals surface area contributed by atoms with Gasteiger partial charge in [-0.15, -0.1) is 0 Å². The number of hydrogen-bond donors (Lipinski definition) is 4. The predicted octanol–water partition coefficient (Wildman–Crippen LogP) is 2.65. The third-order valence-corrected chi connectivity index (χ3v) is 6.28. The number of pyridine rings is 1. The number of aliphatic carboxylic acids is 2. The number of rotatable bonds is 5. The van der Waals surface area contributed by atoms with E-state index < -0.39 is 29.8 Å². The van der Waals surface area contributed by atoms with Crippen LogP contribution in [-0.4, -0.2) is 94.6 Å². The zero-order valence-corrected chi connectivity index (χ0v) is 22.1. The Bertz CT molecular complexity index is 1230. The van der Waals surface area contributed by atoms with Crippen molar-refractivity contribution < 1.29 is 60.1 Å². The summed E-state index contributed by atoms with van der Waals surface area (Å²) in [6, 6.07) is 9.36. The van der Waals surface area contributed by atoms with Crippen LogP contribution >= 0.6 is 0 Å². The molecular formula is C25H26F7N5O6. The molecule has 43 heavy (non-hydrogen) atoms. The van der Waals surface area contributed by atoms with Crippen molar-refractivity contribution in [2.24, 2.45) is 0 Å². The maximum absolute atomic E-state index is 13.0. The Morgan fingerprint density at radius 1 is 0.953 bits per heavy atom. The van der Waals surface area contributed by atoms with Crippen LogP contribution in [0.1, 0.15) is 23.2 Å². The Balaban J connectivity index is 0.000000384. The highest BCUT2D eigenvalue weighted by Gasteiger charge is 2.50. The normalized spacial score (nSPS) is 16.3. The third-order valence-electron chi connectivity index (χ3n) is 6.28. The summed E-state index contributed by atoms with van der Waals surface area (Å²) < 4.78 is 76.4. The summed E-state index contributed by atoms with van der Waals surface area (Å²) in [7, 11) is 0. The lowest BCUT2D eigenvalue weighted by atomic mass is 9.85. The number of amides is 2. The molecule has 236 valence electrons. The van der Waals surface area contributed by atoms with Crippen molar-refractivity contribution in [3.05, 3.63) is 60.2 Å². The molecule has 2 aliphatic rings. The van der Waals surface area contributed by atoms with Crippen molar-refractivity contribution >= 4 is 29.4 Å². The number of carbonyl (C=O) groups excluding carboxylic acids is 2. The predicted molar refractivity (Wildman–Crippen MR) is 134 cm³/mol. The Labute approximate surface area is 239 Å². The van der Waals surface area contributed by atoms with Gasteiger partial charge in [-0.25, -0.2) is 14.0 Å². The largest absolute Gasteiger partial charge is 0.490 e. The topological polar surface area (TPSA) is 152 Å². The van der Waals surface area contributed by atoms with E-state index in [0.717, 1.165) is 31.6 Å². The molecule has 1 aromatic carbocycles. The molecule has 3 heterocycles. The molecule has 0 radical (unpaired) electrons. The lowest BCUT2D eigenvalue weighted by molar-refractivity contribution is -0.193. The molecule has 4 N–H and O–H groups in total. The number of carboxylic acids is 2. The Morgan fingerprint density at radius 2 is 1.49 bits per heavy atom. The number of nitrogens with zero attached hydrogens (tertiary/aromatic N) is 3. The molecule has 2 aromatic rings. The lowest BCUT2D eigenvalue weighted by Crippen LogP contribution is -2.57. The summed E-state index contributed by atoms with van der Waals surface area (Å²) in [5.41, 5.74) is 0.862. The minimum atomic E-state index is -5.08. The Hall–Kier alpha value is -4.48. The van der Waals surface area contributed by atoms with Crippen molar-refractivity contribution in [1.29, 1.82) is 0 Å². The van der Waals surface area contributed by atoms with Crippen LogP contribution in [-0.2, 0) is 14.4 Å². The van der Waals surface area contributed by atoms with Crippen molar-refractivity contribution in [3.63, 3.8) is 0 Å². The molecule has 0 aliphatic carbocycles. The maximum atomic E-state index is 13.0. The molecule has 18 heteroatoms. The molecule has 0 bridgehead atoms. The molecule has 2 amide bonds. The van der Waals surface area contributed by atoms with Crippen molar-refractivity contribution in [3.8, 4) is 0 Å². The highest BCUT2D eigenvalue weighted by Crippen LogP contribution is 2.35. The number of alkyl halides is 6. The van der Waals surface area contributed by atoms with E-state index in [2.05, 4.69) is 25.4 Å². The van der Waals surface area contributed by atoms with E-state index in [-0.39, 0.29) is 17.6 Å². The van der Waals surface area contributed by atoms with Crippen LogP contribution in [0.3, 0.4) is 0 Å². The van der Waals surface area contributed by atoms with Gasteiger partial charge in [-0.2, -0.15) is 26.3 Å². The number of carboxylic acid groups (broad SMARTS) is 2. The fraction of sp³-hybridized carbons (Fsp3) is 0.400. The second kappa shape index (κ2) is 14.6. The van der Waals surface area contributed by atoms with Crippen molar-refractivity contribution in [2.75, 3.05) is 37.7 Å². The number of aromatic nitrogens is 1. The second-order valence-corrected chi connectivity index (χ2v) is 9.05. The van der Waals surface area contributed by atoms with Gasteiger partial charge < -0.3 is 30.6 Å². The standard InChI is InChI=1S/C21H24FN5O2.2C2HF3O2/c22-17-5-3-16(4-6-17)19(28)24-10-13-26-11-7-21(8-12-26)20(29)25-15-27(21)18-2-1-9-23-14-18;2*3-2(4,5)1(6)7/h1-6,9,14H,7-8,10-13,15H2,(H,24,28)(H,25,29);2*(H,6,7). The molecule has 2 aliphatic heterocycles. The molecule has 2 fully saturated rings. The molecule has 1 aromatic heterocycles. The summed E-state index contributed by atoms with van der Waals surface area (Å²) in [6.07, 6.45) is -5.21. The molecule has 11 nitrogen and oxygen atoms in total. The Morgan fingerprint density at radius 3 is 1.95 bits per heavy atom. The smallest absolute Gasteiger partial charge is 0.475 e. The SMILES string of the molecule is O=C(NCCN1CCC2(CC1)C(=O)NCN2c1cccnc1)c1ccc(F)cc1.O=C(O)C(F)(F)F.O=C(O)C(F)(F)F. The molecule has 0 saturated carbocycles. The van der Waals surface area contributed by atoms with Crippen LogP contribution in [0, 0.1) is 5.82 Å². The molecule has 1 spiro atoms. The molecular weight excluding hydrogens is 599 g/mol. The van der Waals surface area contributed by atoms with Crippen molar-refractivity contribution in [2.45, 2.75) is 30.7 Å².